The summed E-state index contributed by atoms with van der Waals surface area (Å²) in [6.07, 6.45) is 6.82. The minimum atomic E-state index is -1.02. The normalized spacial score (nSPS) is 29.5. The third-order valence-electron chi connectivity index (χ3n) is 3.38. The summed E-state index contributed by atoms with van der Waals surface area (Å²) in [6, 6.07) is 0. The molecule has 0 aliphatic carbocycles. The molecule has 0 aromatic heterocycles. The molecule has 0 radical (unpaired) electrons. The molecule has 0 aromatic carbocycles. The van der Waals surface area contributed by atoms with E-state index in [1.165, 1.54) is 0 Å². The van der Waals surface area contributed by atoms with Gasteiger partial charge in [0.25, 0.3) is 5.91 Å². The fourth-order valence-corrected chi connectivity index (χ4v) is 2.10. The number of rotatable bonds is 4. The molecule has 6 heteroatoms. The summed E-state index contributed by atoms with van der Waals surface area (Å²) >= 11 is 0. The largest absolute Gasteiger partial charge is 0.376 e. The minimum absolute atomic E-state index is 0.0952. The zero-order valence-electron chi connectivity index (χ0n) is 10.9. The fraction of sp³-hybridized carbons (Fsp3) is 0.538. The van der Waals surface area contributed by atoms with Crippen LogP contribution < -0.4 is 16.4 Å². The number of amides is 2. The van der Waals surface area contributed by atoms with E-state index in [2.05, 4.69) is 10.6 Å². The van der Waals surface area contributed by atoms with E-state index >= 15 is 0 Å². The van der Waals surface area contributed by atoms with E-state index in [4.69, 9.17) is 10.5 Å². The van der Waals surface area contributed by atoms with E-state index in [0.717, 1.165) is 19.4 Å². The molecule has 0 saturated carbocycles. The van der Waals surface area contributed by atoms with Crippen LogP contribution in [0, 0.1) is 0 Å². The van der Waals surface area contributed by atoms with Gasteiger partial charge in [0.1, 0.15) is 5.54 Å². The Bertz CT molecular complexity index is 438. The first-order valence-electron chi connectivity index (χ1n) is 6.38. The molecule has 2 rings (SSSR count). The van der Waals surface area contributed by atoms with Crippen LogP contribution in [0.5, 0.6) is 0 Å². The van der Waals surface area contributed by atoms with Crippen molar-refractivity contribution >= 4 is 11.8 Å². The van der Waals surface area contributed by atoms with Crippen molar-refractivity contribution in [1.29, 1.82) is 0 Å². The Hall–Kier alpha value is -1.82. The van der Waals surface area contributed by atoms with Crippen molar-refractivity contribution < 1.29 is 14.3 Å². The highest BCUT2D eigenvalue weighted by Gasteiger charge is 2.30. The Kier molecular flexibility index (Phi) is 3.90. The average Bonchev–Trinajstić information content (AvgIpc) is 2.89. The number of nitrogens with one attached hydrogen (secondary N) is 2. The summed E-state index contributed by atoms with van der Waals surface area (Å²) < 4.78 is 5.43. The number of hydrogen-bond acceptors (Lipinski definition) is 4. The second-order valence-corrected chi connectivity index (χ2v) is 4.99. The lowest BCUT2D eigenvalue weighted by atomic mass is 9.95. The quantitative estimate of drug-likeness (QED) is 0.643. The number of primary amides is 1. The summed E-state index contributed by atoms with van der Waals surface area (Å²) in [4.78, 5) is 23.3. The lowest BCUT2D eigenvalue weighted by Crippen LogP contribution is -2.51. The summed E-state index contributed by atoms with van der Waals surface area (Å²) in [5, 5.41) is 5.65. The van der Waals surface area contributed by atoms with Crippen LogP contribution >= 0.6 is 0 Å². The smallest absolute Gasteiger partial charge is 0.251 e. The van der Waals surface area contributed by atoms with E-state index in [1.807, 2.05) is 0 Å². The Morgan fingerprint density at radius 2 is 2.42 bits per heavy atom. The summed E-state index contributed by atoms with van der Waals surface area (Å²) in [5.74, 6) is -0.748. The van der Waals surface area contributed by atoms with Gasteiger partial charge in [0, 0.05) is 18.7 Å². The van der Waals surface area contributed by atoms with Gasteiger partial charge < -0.3 is 21.1 Å². The van der Waals surface area contributed by atoms with Crippen LogP contribution in [0.2, 0.25) is 0 Å². The molecule has 19 heavy (non-hydrogen) atoms. The molecule has 2 amide bonds. The van der Waals surface area contributed by atoms with Crippen LogP contribution in [-0.4, -0.2) is 36.6 Å². The molecule has 6 nitrogen and oxygen atoms in total. The monoisotopic (exact) mass is 265 g/mol. The molecule has 2 heterocycles. The Morgan fingerprint density at radius 3 is 3.05 bits per heavy atom. The van der Waals surface area contributed by atoms with Gasteiger partial charge in [0.2, 0.25) is 5.91 Å². The van der Waals surface area contributed by atoms with Crippen molar-refractivity contribution in [2.45, 2.75) is 31.4 Å². The first-order valence-corrected chi connectivity index (χ1v) is 6.38. The van der Waals surface area contributed by atoms with Crippen molar-refractivity contribution in [2.75, 3.05) is 13.2 Å². The Labute approximate surface area is 112 Å². The highest BCUT2D eigenvalue weighted by Crippen LogP contribution is 2.15. The van der Waals surface area contributed by atoms with E-state index in [-0.39, 0.29) is 12.0 Å². The first kappa shape index (κ1) is 13.6. The van der Waals surface area contributed by atoms with E-state index in [9.17, 15) is 9.59 Å². The lowest BCUT2D eigenvalue weighted by molar-refractivity contribution is -0.121. The van der Waals surface area contributed by atoms with Gasteiger partial charge in [0.05, 0.1) is 6.10 Å². The molecular weight excluding hydrogens is 246 g/mol. The Balaban J connectivity index is 1.96. The van der Waals surface area contributed by atoms with Gasteiger partial charge in [-0.25, -0.2) is 0 Å². The van der Waals surface area contributed by atoms with E-state index in [0.29, 0.717) is 12.1 Å². The van der Waals surface area contributed by atoms with E-state index in [1.54, 1.807) is 25.3 Å². The van der Waals surface area contributed by atoms with Crippen molar-refractivity contribution in [3.63, 3.8) is 0 Å². The van der Waals surface area contributed by atoms with E-state index < -0.39 is 11.4 Å². The molecule has 0 aromatic rings. The van der Waals surface area contributed by atoms with Crippen LogP contribution in [0.25, 0.3) is 0 Å². The minimum Gasteiger partial charge on any atom is -0.376 e. The second kappa shape index (κ2) is 5.44. The third kappa shape index (κ3) is 3.14. The molecule has 4 N–H and O–H groups in total. The molecule has 2 aliphatic rings. The molecule has 2 atom stereocenters. The number of carbonyl (C=O) groups is 2. The average molecular weight is 265 g/mol. The highest BCUT2D eigenvalue weighted by molar-refractivity contribution is 5.99. The third-order valence-corrected chi connectivity index (χ3v) is 3.38. The molecule has 2 unspecified atom stereocenters. The molecule has 1 fully saturated rings. The van der Waals surface area contributed by atoms with Crippen LogP contribution in [0.1, 0.15) is 19.8 Å². The van der Waals surface area contributed by atoms with Crippen LogP contribution in [0.15, 0.2) is 23.9 Å². The molecule has 0 bridgehead atoms. The molecule has 104 valence electrons. The first-order chi connectivity index (χ1) is 9.01. The van der Waals surface area contributed by atoms with Crippen LogP contribution in [0.3, 0.4) is 0 Å². The number of carbonyl (C=O) groups excluding carboxylic acids is 2. The maximum Gasteiger partial charge on any atom is 0.251 e. The van der Waals surface area contributed by atoms with Gasteiger partial charge in [-0.05, 0) is 38.1 Å². The van der Waals surface area contributed by atoms with Crippen molar-refractivity contribution in [3.05, 3.63) is 23.9 Å². The fourth-order valence-electron chi connectivity index (χ4n) is 2.10. The van der Waals surface area contributed by atoms with Gasteiger partial charge in [0.15, 0.2) is 0 Å². The van der Waals surface area contributed by atoms with Gasteiger partial charge >= 0.3 is 0 Å². The predicted octanol–water partition coefficient (Wildman–Crippen LogP) is -0.431. The van der Waals surface area contributed by atoms with Crippen LogP contribution in [0.4, 0.5) is 0 Å². The van der Waals surface area contributed by atoms with Gasteiger partial charge in [-0.2, -0.15) is 0 Å². The standard InChI is InChI=1S/C13H19N3O3/c1-13(12(14)18)7-9(4-5-16-13)11(17)15-8-10-3-2-6-19-10/h4-5,7,10,16H,2-3,6,8H2,1H3,(H2,14,18)(H,15,17). The summed E-state index contributed by atoms with van der Waals surface area (Å²) in [5.41, 5.74) is 4.71. The molecule has 2 aliphatic heterocycles. The zero-order chi connectivity index (χ0) is 13.9. The van der Waals surface area contributed by atoms with Crippen LogP contribution in [-0.2, 0) is 14.3 Å². The highest BCUT2D eigenvalue weighted by atomic mass is 16.5. The SMILES string of the molecule is CC1(C(N)=O)C=C(C(=O)NCC2CCCO2)C=CN1. The number of dihydropyridines is 1. The zero-order valence-corrected chi connectivity index (χ0v) is 10.9. The van der Waals surface area contributed by atoms with Crippen molar-refractivity contribution in [2.24, 2.45) is 5.73 Å². The maximum absolute atomic E-state index is 12.0. The summed E-state index contributed by atoms with van der Waals surface area (Å²) in [7, 11) is 0. The predicted molar refractivity (Wildman–Crippen MR) is 69.9 cm³/mol. The topological polar surface area (TPSA) is 93.5 Å². The van der Waals surface area contributed by atoms with Gasteiger partial charge in [-0.15, -0.1) is 0 Å². The molecule has 0 spiro atoms. The number of nitrogens with two attached hydrogens (primary N) is 1. The second-order valence-electron chi connectivity index (χ2n) is 4.99. The summed E-state index contributed by atoms with van der Waals surface area (Å²) in [6.45, 7) is 2.88. The molecule has 1 saturated heterocycles. The lowest BCUT2D eigenvalue weighted by Gasteiger charge is -2.26. The number of ether oxygens (including phenoxy) is 1. The van der Waals surface area contributed by atoms with Gasteiger partial charge in [-0.1, -0.05) is 0 Å². The van der Waals surface area contributed by atoms with Crippen molar-refractivity contribution in [1.82, 2.24) is 10.6 Å². The molecular formula is C13H19N3O3. The number of hydrogen-bond donors (Lipinski definition) is 3. The van der Waals surface area contributed by atoms with Crippen molar-refractivity contribution in [3.8, 4) is 0 Å². The van der Waals surface area contributed by atoms with Gasteiger partial charge in [-0.3, -0.25) is 9.59 Å². The maximum atomic E-state index is 12.0. The Morgan fingerprint density at radius 1 is 1.63 bits per heavy atom.